The molecule has 3 amide bonds. The minimum absolute atomic E-state index is 0.0996. The number of carbonyl (C=O) groups excluding carboxylic acids is 4. The minimum Gasteiger partial charge on any atom is -0.472 e. The zero-order chi connectivity index (χ0) is 35.9. The number of sulfonamides is 1. The number of alkyl carbamates (subject to hydrolysis) is 1. The molecule has 274 valence electrons. The number of carbonyl (C=O) groups is 4. The van der Waals surface area contributed by atoms with Crippen LogP contribution in [0.2, 0.25) is 0 Å². The molecule has 1 aromatic heterocycles. The summed E-state index contributed by atoms with van der Waals surface area (Å²) in [5.74, 6) is -1.18. The van der Waals surface area contributed by atoms with Gasteiger partial charge in [0.25, 0.3) is 0 Å². The number of ketones is 1. The first-order chi connectivity index (χ1) is 23.6. The normalized spacial score (nSPS) is 30.4. The molecule has 0 spiro atoms. The van der Waals surface area contributed by atoms with E-state index in [9.17, 15) is 27.6 Å². The fraction of sp³-hybridized carbons (Fsp3) is 0.703. The third kappa shape index (κ3) is 7.87. The van der Waals surface area contributed by atoms with Crippen LogP contribution < -0.4 is 14.8 Å². The summed E-state index contributed by atoms with van der Waals surface area (Å²) in [6.45, 7) is 6.97. The van der Waals surface area contributed by atoms with E-state index >= 15 is 0 Å². The number of nitrogens with zero attached hydrogens (tertiary/aromatic N) is 2. The quantitative estimate of drug-likeness (QED) is 0.399. The van der Waals surface area contributed by atoms with Crippen molar-refractivity contribution in [1.29, 1.82) is 0 Å². The first-order valence-electron chi connectivity index (χ1n) is 18.3. The molecule has 1 aromatic rings. The van der Waals surface area contributed by atoms with Crippen molar-refractivity contribution in [3.8, 4) is 5.88 Å². The summed E-state index contributed by atoms with van der Waals surface area (Å²) in [4.78, 5) is 61.6. The lowest BCUT2D eigenvalue weighted by Gasteiger charge is -2.30. The van der Waals surface area contributed by atoms with Crippen molar-refractivity contribution < 1.29 is 37.1 Å². The molecule has 2 N–H and O–H groups in total. The first-order valence-corrected chi connectivity index (χ1v) is 19.8. The Morgan fingerprint density at radius 2 is 1.82 bits per heavy atom. The SMILES string of the molecule is CC(C)(C)OC(=O)N[C@H]1CCCCC/C=C\[C@@H]2C[C@@]2(C(=O)NS(=O)(=O)C2(C)CC2)CC(=O)[C@@H]2C[C@@H](Oc3nccc4c3CCCC4)CN2C1=O. The molecule has 3 heterocycles. The van der Waals surface area contributed by atoms with E-state index in [4.69, 9.17) is 9.47 Å². The van der Waals surface area contributed by atoms with Gasteiger partial charge in [-0.2, -0.15) is 0 Å². The lowest BCUT2D eigenvalue weighted by Crippen LogP contribution is -2.53. The Hall–Kier alpha value is -3.48. The van der Waals surface area contributed by atoms with Crippen LogP contribution in [0.4, 0.5) is 4.79 Å². The number of hydrogen-bond donors (Lipinski definition) is 2. The van der Waals surface area contributed by atoms with Crippen LogP contribution in [-0.4, -0.2) is 77.1 Å². The van der Waals surface area contributed by atoms with Crippen LogP contribution in [0, 0.1) is 11.3 Å². The van der Waals surface area contributed by atoms with Gasteiger partial charge in [-0.15, -0.1) is 0 Å². The number of Topliss-reactive ketones (excluding diaryl/α,β-unsaturated/α-hetero) is 1. The molecule has 0 aromatic carbocycles. The van der Waals surface area contributed by atoms with Crippen LogP contribution in [0.1, 0.15) is 116 Å². The van der Waals surface area contributed by atoms with Gasteiger partial charge in [-0.1, -0.05) is 25.0 Å². The molecule has 0 unspecified atom stereocenters. The average Bonchev–Trinajstić information content (AvgIpc) is 3.92. The predicted molar refractivity (Wildman–Crippen MR) is 186 cm³/mol. The zero-order valence-electron chi connectivity index (χ0n) is 29.8. The van der Waals surface area contributed by atoms with Crippen LogP contribution in [0.3, 0.4) is 0 Å². The van der Waals surface area contributed by atoms with Gasteiger partial charge in [-0.25, -0.2) is 18.2 Å². The molecule has 0 radical (unpaired) electrons. The Balaban J connectivity index is 1.29. The summed E-state index contributed by atoms with van der Waals surface area (Å²) < 4.78 is 39.5. The van der Waals surface area contributed by atoms with Crippen LogP contribution in [0.15, 0.2) is 24.4 Å². The Bertz CT molecular complexity index is 1650. The molecule has 2 saturated carbocycles. The molecule has 3 aliphatic carbocycles. The molecule has 1 saturated heterocycles. The van der Waals surface area contributed by atoms with E-state index in [1.807, 2.05) is 18.2 Å². The first kappa shape index (κ1) is 36.3. The molecule has 5 atom stereocenters. The van der Waals surface area contributed by atoms with Crippen molar-refractivity contribution in [3.05, 3.63) is 35.5 Å². The van der Waals surface area contributed by atoms with E-state index in [1.54, 1.807) is 33.9 Å². The number of allylic oxidation sites excluding steroid dienone is 2. The van der Waals surface area contributed by atoms with Crippen LogP contribution in [0.5, 0.6) is 5.88 Å². The van der Waals surface area contributed by atoms with Crippen molar-refractivity contribution in [2.75, 3.05) is 6.54 Å². The Morgan fingerprint density at radius 1 is 1.06 bits per heavy atom. The van der Waals surface area contributed by atoms with Gasteiger partial charge in [-0.3, -0.25) is 19.1 Å². The Labute approximate surface area is 295 Å². The summed E-state index contributed by atoms with van der Waals surface area (Å²) in [6, 6.07) is 0.138. The fourth-order valence-corrected chi connectivity index (χ4v) is 8.96. The highest BCUT2D eigenvalue weighted by atomic mass is 32.2. The van der Waals surface area contributed by atoms with Crippen LogP contribution in [0.25, 0.3) is 0 Å². The van der Waals surface area contributed by atoms with Crippen molar-refractivity contribution in [3.63, 3.8) is 0 Å². The lowest BCUT2D eigenvalue weighted by atomic mass is 9.91. The van der Waals surface area contributed by atoms with Gasteiger partial charge in [0, 0.05) is 24.6 Å². The monoisotopic (exact) mass is 712 g/mol. The number of hydrogen-bond acceptors (Lipinski definition) is 9. The summed E-state index contributed by atoms with van der Waals surface area (Å²) in [5.41, 5.74) is 0.248. The molecule has 0 bridgehead atoms. The number of amides is 3. The van der Waals surface area contributed by atoms with Gasteiger partial charge >= 0.3 is 6.09 Å². The zero-order valence-corrected chi connectivity index (χ0v) is 30.6. The van der Waals surface area contributed by atoms with E-state index in [0.29, 0.717) is 38.0 Å². The summed E-state index contributed by atoms with van der Waals surface area (Å²) >= 11 is 0. The third-order valence-corrected chi connectivity index (χ3v) is 13.2. The Morgan fingerprint density at radius 3 is 2.56 bits per heavy atom. The molecule has 13 heteroatoms. The highest BCUT2D eigenvalue weighted by Gasteiger charge is 2.62. The maximum atomic E-state index is 14.4. The van der Waals surface area contributed by atoms with E-state index in [-0.39, 0.29) is 31.1 Å². The summed E-state index contributed by atoms with van der Waals surface area (Å²) in [7, 11) is -3.92. The summed E-state index contributed by atoms with van der Waals surface area (Å²) in [5, 5.41) is 2.78. The molecular formula is C37H52N4O8S. The van der Waals surface area contributed by atoms with Gasteiger partial charge in [0.1, 0.15) is 17.7 Å². The van der Waals surface area contributed by atoms with Gasteiger partial charge in [0.05, 0.1) is 22.7 Å². The van der Waals surface area contributed by atoms with E-state index < -0.39 is 61.9 Å². The van der Waals surface area contributed by atoms with E-state index in [1.165, 1.54) is 10.5 Å². The summed E-state index contributed by atoms with van der Waals surface area (Å²) in [6.07, 6.45) is 13.0. The van der Waals surface area contributed by atoms with Gasteiger partial charge in [-0.05, 0) is 109 Å². The van der Waals surface area contributed by atoms with Gasteiger partial charge in [0.15, 0.2) is 5.78 Å². The number of nitrogens with one attached hydrogen (secondary N) is 2. The standard InChI is InChI=1S/C37H52N4O8S/c1-35(2,3)49-34(45)39-28-15-9-7-5-6-8-13-25-21-37(25,33(44)40-50(46,47)36(4)17-18-36)22-30(42)29-20-26(23-41(29)32(28)43)48-31-27-14-11-10-12-24(27)16-19-38-31/h8,13,16,19,25-26,28-29H,5-7,9-12,14-15,17-18,20-23H2,1-4H3,(H,39,45)(H,40,44)/b13-8-/t25-,26-,28+,29+,37-/m1/s1. The number of rotatable bonds is 6. The second-order valence-corrected chi connectivity index (χ2v) is 18.4. The molecule has 3 fully saturated rings. The Kier molecular flexibility index (Phi) is 10.1. The highest BCUT2D eigenvalue weighted by molar-refractivity contribution is 7.91. The molecule has 6 rings (SSSR count). The molecule has 50 heavy (non-hydrogen) atoms. The van der Waals surface area contributed by atoms with E-state index in [0.717, 1.165) is 50.5 Å². The molecule has 2 aliphatic heterocycles. The molecule has 12 nitrogen and oxygen atoms in total. The topological polar surface area (TPSA) is 161 Å². The molecular weight excluding hydrogens is 660 g/mol. The second kappa shape index (κ2) is 13.9. The third-order valence-electron chi connectivity index (χ3n) is 11.1. The maximum Gasteiger partial charge on any atom is 0.408 e. The van der Waals surface area contributed by atoms with Gasteiger partial charge in [0.2, 0.25) is 27.7 Å². The average molecular weight is 713 g/mol. The second-order valence-electron chi connectivity index (χ2n) is 16.2. The van der Waals surface area contributed by atoms with Crippen molar-refractivity contribution in [2.45, 2.75) is 146 Å². The smallest absolute Gasteiger partial charge is 0.408 e. The highest BCUT2D eigenvalue weighted by Crippen LogP contribution is 2.57. The fourth-order valence-electron chi connectivity index (χ4n) is 7.63. The van der Waals surface area contributed by atoms with Crippen LogP contribution >= 0.6 is 0 Å². The predicted octanol–water partition coefficient (Wildman–Crippen LogP) is 4.69. The van der Waals surface area contributed by atoms with E-state index in [2.05, 4.69) is 15.0 Å². The number of aromatic nitrogens is 1. The number of ether oxygens (including phenoxy) is 2. The van der Waals surface area contributed by atoms with Crippen molar-refractivity contribution in [1.82, 2.24) is 19.9 Å². The number of fused-ring (bicyclic) bond motifs is 3. The number of pyridine rings is 1. The maximum absolute atomic E-state index is 14.4. The minimum atomic E-state index is -3.92. The van der Waals surface area contributed by atoms with Crippen LogP contribution in [-0.2, 0) is 42.0 Å². The van der Waals surface area contributed by atoms with Crippen molar-refractivity contribution in [2.24, 2.45) is 11.3 Å². The molecule has 5 aliphatic rings. The van der Waals surface area contributed by atoms with Crippen molar-refractivity contribution >= 4 is 33.7 Å². The lowest BCUT2D eigenvalue weighted by molar-refractivity contribution is -0.140. The van der Waals surface area contributed by atoms with Gasteiger partial charge < -0.3 is 19.7 Å². The number of aryl methyl sites for hydroxylation is 1. The largest absolute Gasteiger partial charge is 0.472 e.